The summed E-state index contributed by atoms with van der Waals surface area (Å²) in [5, 5.41) is 4.84. The first-order chi connectivity index (χ1) is 14.6. The SMILES string of the molecule is CN=C/C(=C(/OCOC(=O)COC)c1c(Cl)c(C)nn1C)c1ccc(C(C)(C)C)cc1. The van der Waals surface area contributed by atoms with Crippen LogP contribution in [-0.2, 0) is 31.5 Å². The van der Waals surface area contributed by atoms with Crippen molar-refractivity contribution in [3.63, 3.8) is 0 Å². The van der Waals surface area contributed by atoms with Gasteiger partial charge in [-0.3, -0.25) is 9.67 Å². The number of esters is 1. The van der Waals surface area contributed by atoms with Gasteiger partial charge in [0.2, 0.25) is 6.79 Å². The fourth-order valence-electron chi connectivity index (χ4n) is 3.01. The fourth-order valence-corrected chi connectivity index (χ4v) is 3.26. The van der Waals surface area contributed by atoms with E-state index in [1.54, 1.807) is 25.0 Å². The molecule has 0 fully saturated rings. The Labute approximate surface area is 188 Å². The van der Waals surface area contributed by atoms with Gasteiger partial charge in [0.1, 0.15) is 12.3 Å². The standard InChI is InChI=1S/C23H30ClN3O4/c1-15-20(24)21(27(6)26-15)22(31-14-30-19(28)13-29-7)18(12-25-5)16-8-10-17(11-9-16)23(2,3)4/h8-12H,13-14H2,1-7H3/b22-18-,25-12?. The van der Waals surface area contributed by atoms with Crippen LogP contribution in [0.5, 0.6) is 0 Å². The summed E-state index contributed by atoms with van der Waals surface area (Å²) in [6, 6.07) is 8.17. The molecule has 2 rings (SSSR count). The van der Waals surface area contributed by atoms with E-state index in [1.807, 2.05) is 19.1 Å². The maximum absolute atomic E-state index is 11.7. The molecule has 0 saturated heterocycles. The van der Waals surface area contributed by atoms with Crippen LogP contribution in [0.2, 0.25) is 5.02 Å². The normalized spacial score (nSPS) is 12.8. The van der Waals surface area contributed by atoms with Crippen LogP contribution in [-0.4, -0.2) is 49.5 Å². The van der Waals surface area contributed by atoms with E-state index in [2.05, 4.69) is 43.0 Å². The molecular weight excluding hydrogens is 418 g/mol. The molecule has 0 radical (unpaired) electrons. The van der Waals surface area contributed by atoms with Gasteiger partial charge in [-0.25, -0.2) is 4.79 Å². The molecule has 1 aromatic heterocycles. The van der Waals surface area contributed by atoms with Gasteiger partial charge in [0.05, 0.1) is 10.7 Å². The fraction of sp³-hybridized carbons (Fsp3) is 0.435. The summed E-state index contributed by atoms with van der Waals surface area (Å²) in [4.78, 5) is 15.9. The molecule has 2 aromatic rings. The largest absolute Gasteiger partial charge is 0.454 e. The molecule has 0 bridgehead atoms. The molecular formula is C23H30ClN3O4. The number of aromatic nitrogens is 2. The summed E-state index contributed by atoms with van der Waals surface area (Å²) in [6.45, 7) is 7.83. The van der Waals surface area contributed by atoms with Crippen LogP contribution in [0.25, 0.3) is 11.3 Å². The molecule has 0 aliphatic carbocycles. The molecule has 0 aliphatic heterocycles. The highest BCUT2D eigenvalue weighted by molar-refractivity contribution is 6.33. The Bertz CT molecular complexity index is 970. The smallest absolute Gasteiger partial charge is 0.334 e. The number of carbonyl (C=O) groups is 1. The lowest BCUT2D eigenvalue weighted by Gasteiger charge is -2.20. The Morgan fingerprint density at radius 3 is 2.35 bits per heavy atom. The van der Waals surface area contributed by atoms with E-state index in [1.165, 1.54) is 12.7 Å². The maximum atomic E-state index is 11.7. The van der Waals surface area contributed by atoms with E-state index < -0.39 is 5.97 Å². The molecule has 0 atom stereocenters. The van der Waals surface area contributed by atoms with Gasteiger partial charge < -0.3 is 14.2 Å². The molecule has 168 valence electrons. The minimum atomic E-state index is -0.533. The number of rotatable bonds is 8. The number of carbonyl (C=O) groups excluding carboxylic acids is 1. The lowest BCUT2D eigenvalue weighted by Crippen LogP contribution is -2.14. The van der Waals surface area contributed by atoms with Gasteiger partial charge in [-0.1, -0.05) is 56.6 Å². The highest BCUT2D eigenvalue weighted by atomic mass is 35.5. The Balaban J connectivity index is 2.58. The number of hydrogen-bond acceptors (Lipinski definition) is 6. The van der Waals surface area contributed by atoms with Crippen molar-refractivity contribution in [2.24, 2.45) is 12.0 Å². The summed E-state index contributed by atoms with van der Waals surface area (Å²) in [6.07, 6.45) is 1.69. The summed E-state index contributed by atoms with van der Waals surface area (Å²) in [7, 11) is 4.87. The highest BCUT2D eigenvalue weighted by Crippen LogP contribution is 2.33. The van der Waals surface area contributed by atoms with Gasteiger partial charge >= 0.3 is 5.97 Å². The first-order valence-electron chi connectivity index (χ1n) is 9.84. The molecule has 1 aromatic carbocycles. The van der Waals surface area contributed by atoms with Gasteiger partial charge in [0.25, 0.3) is 0 Å². The number of hydrogen-bond donors (Lipinski definition) is 0. The van der Waals surface area contributed by atoms with Crippen molar-refractivity contribution in [3.8, 4) is 0 Å². The topological polar surface area (TPSA) is 74.9 Å². The number of nitrogens with zero attached hydrogens (tertiary/aromatic N) is 3. The molecule has 1 heterocycles. The van der Waals surface area contributed by atoms with Crippen molar-refractivity contribution in [1.29, 1.82) is 0 Å². The number of ether oxygens (including phenoxy) is 3. The summed E-state index contributed by atoms with van der Waals surface area (Å²) in [5.74, 6) is -0.123. The Morgan fingerprint density at radius 1 is 1.23 bits per heavy atom. The molecule has 8 heteroatoms. The van der Waals surface area contributed by atoms with Crippen LogP contribution in [0.3, 0.4) is 0 Å². The van der Waals surface area contributed by atoms with Gasteiger partial charge in [-0.05, 0) is 23.5 Å². The van der Waals surface area contributed by atoms with E-state index in [4.69, 9.17) is 25.8 Å². The van der Waals surface area contributed by atoms with E-state index >= 15 is 0 Å². The monoisotopic (exact) mass is 447 g/mol. The number of allylic oxidation sites excluding steroid dienone is 1. The van der Waals surface area contributed by atoms with Crippen molar-refractivity contribution in [2.45, 2.75) is 33.1 Å². The minimum absolute atomic E-state index is 0.0264. The van der Waals surface area contributed by atoms with Crippen molar-refractivity contribution < 1.29 is 19.0 Å². The van der Waals surface area contributed by atoms with Gasteiger partial charge in [0.15, 0.2) is 5.76 Å². The van der Waals surface area contributed by atoms with Crippen LogP contribution in [0, 0.1) is 6.92 Å². The zero-order valence-electron chi connectivity index (χ0n) is 19.2. The zero-order chi connectivity index (χ0) is 23.2. The van der Waals surface area contributed by atoms with Gasteiger partial charge in [-0.15, -0.1) is 0 Å². The second-order valence-corrected chi connectivity index (χ2v) is 8.42. The van der Waals surface area contributed by atoms with E-state index in [0.717, 1.165) is 5.56 Å². The molecule has 0 amide bonds. The second kappa shape index (κ2) is 10.6. The highest BCUT2D eigenvalue weighted by Gasteiger charge is 2.22. The zero-order valence-corrected chi connectivity index (χ0v) is 19.9. The molecule has 0 spiro atoms. The Kier molecular flexibility index (Phi) is 8.42. The second-order valence-electron chi connectivity index (χ2n) is 8.04. The molecule has 0 saturated carbocycles. The van der Waals surface area contributed by atoms with Crippen molar-refractivity contribution in [3.05, 3.63) is 51.8 Å². The number of aryl methyl sites for hydroxylation is 2. The average Bonchev–Trinajstić information content (AvgIpc) is 2.95. The molecule has 0 unspecified atom stereocenters. The molecule has 7 nitrogen and oxygen atoms in total. The average molecular weight is 448 g/mol. The Morgan fingerprint density at radius 2 is 1.87 bits per heavy atom. The molecule has 0 aliphatic rings. The molecule has 31 heavy (non-hydrogen) atoms. The van der Waals surface area contributed by atoms with E-state index in [0.29, 0.717) is 27.7 Å². The quantitative estimate of drug-likeness (QED) is 0.259. The number of benzene rings is 1. The van der Waals surface area contributed by atoms with Crippen LogP contribution in [0.1, 0.15) is 43.3 Å². The summed E-state index contributed by atoms with van der Waals surface area (Å²) >= 11 is 6.55. The van der Waals surface area contributed by atoms with Crippen LogP contribution in [0.4, 0.5) is 0 Å². The Hall–Kier alpha value is -2.64. The predicted molar refractivity (Wildman–Crippen MR) is 123 cm³/mol. The van der Waals surface area contributed by atoms with Crippen molar-refractivity contribution in [2.75, 3.05) is 27.6 Å². The lowest BCUT2D eigenvalue weighted by molar-refractivity contribution is -0.155. The first-order valence-corrected chi connectivity index (χ1v) is 10.2. The van der Waals surface area contributed by atoms with Crippen LogP contribution in [0.15, 0.2) is 29.3 Å². The van der Waals surface area contributed by atoms with Gasteiger partial charge in [0, 0.05) is 33.0 Å². The van der Waals surface area contributed by atoms with Crippen LogP contribution >= 0.6 is 11.6 Å². The number of methoxy groups -OCH3 is 1. The van der Waals surface area contributed by atoms with E-state index in [9.17, 15) is 4.79 Å². The third kappa shape index (κ3) is 6.18. The predicted octanol–water partition coefficient (Wildman–Crippen LogP) is 4.41. The van der Waals surface area contributed by atoms with E-state index in [-0.39, 0.29) is 18.8 Å². The van der Waals surface area contributed by atoms with Crippen LogP contribution < -0.4 is 0 Å². The minimum Gasteiger partial charge on any atom is -0.454 e. The third-order valence-electron chi connectivity index (χ3n) is 4.61. The summed E-state index contributed by atoms with van der Waals surface area (Å²) in [5.41, 5.74) is 4.03. The molecule has 0 N–H and O–H groups in total. The first kappa shape index (κ1) is 24.6. The third-order valence-corrected chi connectivity index (χ3v) is 5.07. The van der Waals surface area contributed by atoms with Gasteiger partial charge in [-0.2, -0.15) is 5.10 Å². The van der Waals surface area contributed by atoms with Crippen molar-refractivity contribution in [1.82, 2.24) is 9.78 Å². The summed E-state index contributed by atoms with van der Waals surface area (Å²) < 4.78 is 17.5. The number of halogens is 1. The number of aliphatic imine (C=N–C) groups is 1. The van der Waals surface area contributed by atoms with Crippen molar-refractivity contribution >= 4 is 35.1 Å². The lowest BCUT2D eigenvalue weighted by atomic mass is 9.86. The maximum Gasteiger partial charge on any atom is 0.334 e.